The molecule has 1 fully saturated rings. The van der Waals surface area contributed by atoms with E-state index in [-0.39, 0.29) is 6.10 Å². The van der Waals surface area contributed by atoms with Crippen molar-refractivity contribution in [2.45, 2.75) is 43.7 Å². The topological polar surface area (TPSA) is 74.4 Å². The minimum absolute atomic E-state index is 0.00171. The quantitative estimate of drug-likeness (QED) is 0.744. The fourth-order valence-corrected chi connectivity index (χ4v) is 4.06. The number of hydrogen-bond acceptors (Lipinski definition) is 4. The number of sulfonamides is 1. The van der Waals surface area contributed by atoms with Gasteiger partial charge in [0.1, 0.15) is 0 Å². The number of nitrogens with one attached hydrogen (secondary N) is 2. The number of piperidine rings is 1. The maximum absolute atomic E-state index is 12.6. The molecule has 1 aliphatic rings. The molecule has 1 saturated heterocycles. The molecule has 1 atom stereocenters. The number of nitrogens with zero attached hydrogens (tertiary/aromatic N) is 1. The van der Waals surface area contributed by atoms with Gasteiger partial charge in [-0.1, -0.05) is 6.92 Å². The van der Waals surface area contributed by atoms with Crippen molar-refractivity contribution in [3.8, 4) is 0 Å². The maximum atomic E-state index is 12.6. The van der Waals surface area contributed by atoms with Crippen LogP contribution in [0.1, 0.15) is 31.9 Å². The van der Waals surface area contributed by atoms with Crippen molar-refractivity contribution in [1.82, 2.24) is 14.6 Å². The minimum Gasteiger partial charge on any atom is -0.380 e. The number of hydrogen-bond donors (Lipinski definition) is 2. The van der Waals surface area contributed by atoms with Gasteiger partial charge in [-0.3, -0.25) is 0 Å². The molecular formula is C14H25N3O3S. The van der Waals surface area contributed by atoms with Crippen LogP contribution in [0.25, 0.3) is 0 Å². The lowest BCUT2D eigenvalue weighted by Crippen LogP contribution is -2.42. The van der Waals surface area contributed by atoms with E-state index in [4.69, 9.17) is 4.74 Å². The summed E-state index contributed by atoms with van der Waals surface area (Å²) >= 11 is 0. The first-order valence-corrected chi connectivity index (χ1v) is 8.93. The molecular weight excluding hydrogens is 290 g/mol. The largest absolute Gasteiger partial charge is 0.380 e. The van der Waals surface area contributed by atoms with Crippen LogP contribution in [0.2, 0.25) is 0 Å². The van der Waals surface area contributed by atoms with E-state index in [0.29, 0.717) is 24.5 Å². The monoisotopic (exact) mass is 315 g/mol. The molecule has 2 N–H and O–H groups in total. The van der Waals surface area contributed by atoms with Gasteiger partial charge in [0.05, 0.1) is 11.0 Å². The van der Waals surface area contributed by atoms with Gasteiger partial charge in [-0.15, -0.1) is 0 Å². The van der Waals surface area contributed by atoms with Crippen molar-refractivity contribution in [2.24, 2.45) is 0 Å². The van der Waals surface area contributed by atoms with Crippen molar-refractivity contribution < 1.29 is 13.2 Å². The standard InChI is InChI=1S/C14H25N3O3S/c1-3-6-15-9-12-8-14(10-16-12)21(18,19)17-7-4-5-13(11-17)20-2/h8,10,13,15-16H,3-7,9,11H2,1-2H3. The number of methoxy groups -OCH3 is 1. The van der Waals surface area contributed by atoms with E-state index in [1.54, 1.807) is 19.4 Å². The molecule has 2 rings (SSSR count). The Bertz CT molecular complexity index is 541. The van der Waals surface area contributed by atoms with Gasteiger partial charge in [0, 0.05) is 38.6 Å². The van der Waals surface area contributed by atoms with Gasteiger partial charge in [0.25, 0.3) is 0 Å². The summed E-state index contributed by atoms with van der Waals surface area (Å²) < 4.78 is 32.1. The van der Waals surface area contributed by atoms with Gasteiger partial charge < -0.3 is 15.0 Å². The summed E-state index contributed by atoms with van der Waals surface area (Å²) in [6.07, 6.45) is 4.39. The van der Waals surface area contributed by atoms with Crippen LogP contribution in [0.4, 0.5) is 0 Å². The Balaban J connectivity index is 2.05. The van der Waals surface area contributed by atoms with Gasteiger partial charge in [0.2, 0.25) is 10.0 Å². The number of rotatable bonds is 7. The predicted molar refractivity (Wildman–Crippen MR) is 81.6 cm³/mol. The molecule has 1 aliphatic heterocycles. The van der Waals surface area contributed by atoms with E-state index in [0.717, 1.165) is 31.5 Å². The molecule has 1 unspecified atom stereocenters. The SMILES string of the molecule is CCCNCc1cc(S(=O)(=O)N2CCCC(OC)C2)c[nH]1. The van der Waals surface area contributed by atoms with Crippen LogP contribution in [0.5, 0.6) is 0 Å². The van der Waals surface area contributed by atoms with Gasteiger partial charge >= 0.3 is 0 Å². The molecule has 0 aromatic carbocycles. The van der Waals surface area contributed by atoms with Gasteiger partial charge in [0.15, 0.2) is 0 Å². The fraction of sp³-hybridized carbons (Fsp3) is 0.714. The second-order valence-corrected chi connectivity index (χ2v) is 7.34. The third kappa shape index (κ3) is 4.06. The number of aromatic amines is 1. The molecule has 21 heavy (non-hydrogen) atoms. The van der Waals surface area contributed by atoms with E-state index in [1.807, 2.05) is 0 Å². The van der Waals surface area contributed by atoms with E-state index >= 15 is 0 Å². The predicted octanol–water partition coefficient (Wildman–Crippen LogP) is 1.31. The number of ether oxygens (including phenoxy) is 1. The first-order chi connectivity index (χ1) is 10.1. The van der Waals surface area contributed by atoms with Gasteiger partial charge in [-0.25, -0.2) is 8.42 Å². The summed E-state index contributed by atoms with van der Waals surface area (Å²) in [7, 11) is -1.79. The first kappa shape index (κ1) is 16.5. The highest BCUT2D eigenvalue weighted by Gasteiger charge is 2.30. The summed E-state index contributed by atoms with van der Waals surface area (Å²) in [5, 5.41) is 3.25. The van der Waals surface area contributed by atoms with Gasteiger partial charge in [-0.05, 0) is 31.9 Å². The highest BCUT2D eigenvalue weighted by molar-refractivity contribution is 7.89. The van der Waals surface area contributed by atoms with Crippen molar-refractivity contribution in [2.75, 3.05) is 26.7 Å². The Labute approximate surface area is 126 Å². The third-order valence-electron chi connectivity index (χ3n) is 3.77. The normalized spacial score (nSPS) is 20.8. The lowest BCUT2D eigenvalue weighted by atomic mass is 10.1. The van der Waals surface area contributed by atoms with Crippen molar-refractivity contribution >= 4 is 10.0 Å². The van der Waals surface area contributed by atoms with Crippen molar-refractivity contribution in [3.63, 3.8) is 0 Å². The van der Waals surface area contributed by atoms with Crippen LogP contribution >= 0.6 is 0 Å². The number of H-pyrrole nitrogens is 1. The minimum atomic E-state index is -3.42. The molecule has 6 nitrogen and oxygen atoms in total. The van der Waals surface area contributed by atoms with Crippen LogP contribution in [-0.2, 0) is 21.3 Å². The first-order valence-electron chi connectivity index (χ1n) is 7.49. The highest BCUT2D eigenvalue weighted by Crippen LogP contribution is 2.22. The van der Waals surface area contributed by atoms with E-state index in [2.05, 4.69) is 17.2 Å². The Morgan fingerprint density at radius 3 is 3.05 bits per heavy atom. The molecule has 0 aliphatic carbocycles. The molecule has 0 amide bonds. The summed E-state index contributed by atoms with van der Waals surface area (Å²) in [5.74, 6) is 0. The summed E-state index contributed by atoms with van der Waals surface area (Å²) in [6.45, 7) is 4.68. The smallest absolute Gasteiger partial charge is 0.244 e. The Kier molecular flexibility index (Phi) is 5.80. The molecule has 1 aromatic rings. The zero-order chi connectivity index (χ0) is 15.3. The lowest BCUT2D eigenvalue weighted by molar-refractivity contribution is 0.0572. The molecule has 2 heterocycles. The van der Waals surface area contributed by atoms with Crippen LogP contribution in [0, 0.1) is 0 Å². The molecule has 0 bridgehead atoms. The van der Waals surface area contributed by atoms with Crippen molar-refractivity contribution in [3.05, 3.63) is 18.0 Å². The van der Waals surface area contributed by atoms with E-state index < -0.39 is 10.0 Å². The van der Waals surface area contributed by atoms with Crippen LogP contribution < -0.4 is 5.32 Å². The van der Waals surface area contributed by atoms with Gasteiger partial charge in [-0.2, -0.15) is 4.31 Å². The number of aromatic nitrogens is 1. The zero-order valence-electron chi connectivity index (χ0n) is 12.8. The average molecular weight is 315 g/mol. The maximum Gasteiger partial charge on any atom is 0.244 e. The summed E-state index contributed by atoms with van der Waals surface area (Å²) in [5.41, 5.74) is 0.891. The summed E-state index contributed by atoms with van der Waals surface area (Å²) in [6, 6.07) is 1.72. The van der Waals surface area contributed by atoms with Crippen LogP contribution in [0.15, 0.2) is 17.2 Å². The van der Waals surface area contributed by atoms with Crippen molar-refractivity contribution in [1.29, 1.82) is 0 Å². The molecule has 0 radical (unpaired) electrons. The van der Waals surface area contributed by atoms with E-state index in [9.17, 15) is 8.42 Å². The Hall–Kier alpha value is -0.890. The third-order valence-corrected chi connectivity index (χ3v) is 5.61. The van der Waals surface area contributed by atoms with Crippen LogP contribution in [-0.4, -0.2) is 50.6 Å². The second kappa shape index (κ2) is 7.40. The fourth-order valence-electron chi connectivity index (χ4n) is 2.53. The Morgan fingerprint density at radius 2 is 2.33 bits per heavy atom. The molecule has 120 valence electrons. The molecule has 0 spiro atoms. The molecule has 7 heteroatoms. The zero-order valence-corrected chi connectivity index (χ0v) is 13.6. The lowest BCUT2D eigenvalue weighted by Gasteiger charge is -2.30. The summed E-state index contributed by atoms with van der Waals surface area (Å²) in [4.78, 5) is 3.38. The Morgan fingerprint density at radius 1 is 1.52 bits per heavy atom. The average Bonchev–Trinajstić information content (AvgIpc) is 2.97. The second-order valence-electron chi connectivity index (χ2n) is 5.40. The molecule has 1 aromatic heterocycles. The van der Waals surface area contributed by atoms with E-state index in [1.165, 1.54) is 4.31 Å². The molecule has 0 saturated carbocycles. The highest BCUT2D eigenvalue weighted by atomic mass is 32.2. The van der Waals surface area contributed by atoms with Crippen LogP contribution in [0.3, 0.4) is 0 Å².